The Morgan fingerprint density at radius 3 is 2.17 bits per heavy atom. The van der Waals surface area contributed by atoms with E-state index in [1.54, 1.807) is 0 Å². The van der Waals surface area contributed by atoms with Crippen molar-refractivity contribution < 1.29 is 14.7 Å². The predicted molar refractivity (Wildman–Crippen MR) is 88.1 cm³/mol. The van der Waals surface area contributed by atoms with Crippen LogP contribution in [0.3, 0.4) is 0 Å². The summed E-state index contributed by atoms with van der Waals surface area (Å²) in [6.45, 7) is 0. The highest BCUT2D eigenvalue weighted by Gasteiger charge is 2.43. The lowest BCUT2D eigenvalue weighted by molar-refractivity contribution is -0.142. The number of carboxylic acid groups (broad SMARTS) is 1. The van der Waals surface area contributed by atoms with E-state index >= 15 is 0 Å². The second-order valence-electron chi connectivity index (χ2n) is 7.02. The maximum absolute atomic E-state index is 13.0. The molecule has 0 bridgehead atoms. The number of hydrogen-bond acceptors (Lipinski definition) is 2. The molecule has 0 spiro atoms. The maximum atomic E-state index is 13.0. The van der Waals surface area contributed by atoms with E-state index < -0.39 is 5.97 Å². The minimum Gasteiger partial charge on any atom is -0.481 e. The molecule has 0 heterocycles. The summed E-state index contributed by atoms with van der Waals surface area (Å²) >= 11 is 0. The third-order valence-corrected chi connectivity index (χ3v) is 5.63. The third kappa shape index (κ3) is 3.26. The second kappa shape index (κ2) is 6.73. The molecule has 23 heavy (non-hydrogen) atoms. The first-order valence-electron chi connectivity index (χ1n) is 8.71. The van der Waals surface area contributed by atoms with Crippen LogP contribution in [0.5, 0.6) is 0 Å². The molecule has 0 saturated heterocycles. The molecule has 1 amide bonds. The standard InChI is InChI=1S/C19H25NO3/c21-17(22)14-8-10-16(11-9-14)20-18(23)19(12-4-5-13-19)15-6-2-1-3-7-15/h1-3,6-7,14,16H,4-5,8-13H2,(H,20,23)(H,21,22). The van der Waals surface area contributed by atoms with E-state index in [2.05, 4.69) is 17.4 Å². The smallest absolute Gasteiger partial charge is 0.306 e. The number of carbonyl (C=O) groups is 2. The SMILES string of the molecule is O=C(O)C1CCC(NC(=O)C2(c3ccccc3)CCCC2)CC1. The van der Waals surface area contributed by atoms with Gasteiger partial charge in [0.05, 0.1) is 11.3 Å². The minimum absolute atomic E-state index is 0.124. The summed E-state index contributed by atoms with van der Waals surface area (Å²) in [5.41, 5.74) is 0.736. The lowest BCUT2D eigenvalue weighted by Crippen LogP contribution is -2.48. The number of aliphatic carboxylic acids is 1. The van der Waals surface area contributed by atoms with Gasteiger partial charge in [0.15, 0.2) is 0 Å². The number of benzene rings is 1. The van der Waals surface area contributed by atoms with E-state index in [9.17, 15) is 9.59 Å². The van der Waals surface area contributed by atoms with Crippen LogP contribution < -0.4 is 5.32 Å². The molecule has 4 heteroatoms. The molecule has 4 nitrogen and oxygen atoms in total. The molecule has 0 unspecified atom stereocenters. The highest BCUT2D eigenvalue weighted by molar-refractivity contribution is 5.88. The van der Waals surface area contributed by atoms with Gasteiger partial charge in [-0.1, -0.05) is 43.2 Å². The Hall–Kier alpha value is -1.84. The van der Waals surface area contributed by atoms with Gasteiger partial charge in [-0.2, -0.15) is 0 Å². The minimum atomic E-state index is -0.702. The summed E-state index contributed by atoms with van der Waals surface area (Å²) in [7, 11) is 0. The van der Waals surface area contributed by atoms with Crippen molar-refractivity contribution >= 4 is 11.9 Å². The normalized spacial score (nSPS) is 26.6. The zero-order valence-electron chi connectivity index (χ0n) is 13.5. The highest BCUT2D eigenvalue weighted by Crippen LogP contribution is 2.41. The Balaban J connectivity index is 1.68. The number of carbonyl (C=O) groups excluding carboxylic acids is 1. The van der Waals surface area contributed by atoms with E-state index in [1.165, 1.54) is 0 Å². The fourth-order valence-electron chi connectivity index (χ4n) is 4.19. The summed E-state index contributed by atoms with van der Waals surface area (Å²) in [5.74, 6) is -0.802. The van der Waals surface area contributed by atoms with Crippen molar-refractivity contribution in [3.05, 3.63) is 35.9 Å². The van der Waals surface area contributed by atoms with E-state index in [1.807, 2.05) is 18.2 Å². The molecule has 3 rings (SSSR count). The molecule has 0 aromatic heterocycles. The van der Waals surface area contributed by atoms with Gasteiger partial charge in [-0.25, -0.2) is 0 Å². The average molecular weight is 315 g/mol. The Bertz CT molecular complexity index is 555. The maximum Gasteiger partial charge on any atom is 0.306 e. The summed E-state index contributed by atoms with van der Waals surface area (Å²) in [4.78, 5) is 24.1. The molecule has 0 atom stereocenters. The quantitative estimate of drug-likeness (QED) is 0.896. The van der Waals surface area contributed by atoms with Crippen LogP contribution in [0.1, 0.15) is 56.9 Å². The molecule has 2 N–H and O–H groups in total. The monoisotopic (exact) mass is 315 g/mol. The predicted octanol–water partition coefficient (Wildman–Crippen LogP) is 3.26. The molecule has 124 valence electrons. The lowest BCUT2D eigenvalue weighted by Gasteiger charge is -2.33. The van der Waals surface area contributed by atoms with E-state index in [0.717, 1.165) is 44.1 Å². The molecule has 0 radical (unpaired) electrons. The topological polar surface area (TPSA) is 66.4 Å². The number of carboxylic acids is 1. The van der Waals surface area contributed by atoms with Gasteiger partial charge in [0.25, 0.3) is 0 Å². The van der Waals surface area contributed by atoms with Crippen LogP contribution in [-0.2, 0) is 15.0 Å². The molecule has 2 fully saturated rings. The summed E-state index contributed by atoms with van der Waals surface area (Å²) in [5, 5.41) is 12.3. The molecular weight excluding hydrogens is 290 g/mol. The van der Waals surface area contributed by atoms with Gasteiger partial charge in [0.1, 0.15) is 0 Å². The third-order valence-electron chi connectivity index (χ3n) is 5.63. The number of nitrogens with one attached hydrogen (secondary N) is 1. The van der Waals surface area contributed by atoms with Gasteiger partial charge in [0, 0.05) is 6.04 Å². The second-order valence-corrected chi connectivity index (χ2v) is 7.02. The van der Waals surface area contributed by atoms with Crippen LogP contribution in [0.25, 0.3) is 0 Å². The van der Waals surface area contributed by atoms with Crippen molar-refractivity contribution in [1.29, 1.82) is 0 Å². The first kappa shape index (κ1) is 16.0. The van der Waals surface area contributed by atoms with Gasteiger partial charge < -0.3 is 10.4 Å². The molecule has 1 aromatic carbocycles. The van der Waals surface area contributed by atoms with Crippen molar-refractivity contribution in [3.8, 4) is 0 Å². The van der Waals surface area contributed by atoms with E-state index in [4.69, 9.17) is 5.11 Å². The number of amides is 1. The zero-order valence-corrected chi connectivity index (χ0v) is 13.5. The van der Waals surface area contributed by atoms with Crippen LogP contribution in [0.15, 0.2) is 30.3 Å². The zero-order chi connectivity index (χ0) is 16.3. The van der Waals surface area contributed by atoms with Gasteiger partial charge >= 0.3 is 5.97 Å². The van der Waals surface area contributed by atoms with Crippen molar-refractivity contribution in [1.82, 2.24) is 5.32 Å². The van der Waals surface area contributed by atoms with Crippen LogP contribution in [-0.4, -0.2) is 23.0 Å². The molecule has 2 saturated carbocycles. The van der Waals surface area contributed by atoms with Gasteiger partial charge in [0.2, 0.25) is 5.91 Å². The fourth-order valence-corrected chi connectivity index (χ4v) is 4.19. The first-order chi connectivity index (χ1) is 11.1. The molecular formula is C19H25NO3. The van der Waals surface area contributed by atoms with Crippen LogP contribution in [0, 0.1) is 5.92 Å². The van der Waals surface area contributed by atoms with Crippen LogP contribution >= 0.6 is 0 Å². The summed E-state index contributed by atoms with van der Waals surface area (Å²) in [6.07, 6.45) is 6.88. The van der Waals surface area contributed by atoms with Gasteiger partial charge in [-0.15, -0.1) is 0 Å². The van der Waals surface area contributed by atoms with Crippen LogP contribution in [0.4, 0.5) is 0 Å². The molecule has 2 aliphatic rings. The van der Waals surface area contributed by atoms with E-state index in [-0.39, 0.29) is 23.3 Å². The van der Waals surface area contributed by atoms with Gasteiger partial charge in [-0.05, 0) is 44.1 Å². The number of rotatable bonds is 4. The van der Waals surface area contributed by atoms with Crippen molar-refractivity contribution in [2.45, 2.75) is 62.8 Å². The summed E-state index contributed by atoms with van der Waals surface area (Å²) < 4.78 is 0. The Morgan fingerprint density at radius 1 is 1.00 bits per heavy atom. The average Bonchev–Trinajstić information content (AvgIpc) is 3.07. The van der Waals surface area contributed by atoms with Crippen LogP contribution in [0.2, 0.25) is 0 Å². The highest BCUT2D eigenvalue weighted by atomic mass is 16.4. The molecule has 1 aromatic rings. The Kier molecular flexibility index (Phi) is 4.69. The van der Waals surface area contributed by atoms with Crippen molar-refractivity contribution in [2.75, 3.05) is 0 Å². The summed E-state index contributed by atoms with van der Waals surface area (Å²) in [6, 6.07) is 10.2. The van der Waals surface area contributed by atoms with Crippen molar-refractivity contribution in [3.63, 3.8) is 0 Å². The van der Waals surface area contributed by atoms with E-state index in [0.29, 0.717) is 12.8 Å². The van der Waals surface area contributed by atoms with Crippen molar-refractivity contribution in [2.24, 2.45) is 5.92 Å². The largest absolute Gasteiger partial charge is 0.481 e. The fraction of sp³-hybridized carbons (Fsp3) is 0.579. The lowest BCUT2D eigenvalue weighted by atomic mass is 9.77. The Morgan fingerprint density at radius 2 is 1.61 bits per heavy atom. The molecule has 0 aliphatic heterocycles. The van der Waals surface area contributed by atoms with Gasteiger partial charge in [-0.3, -0.25) is 9.59 Å². The first-order valence-corrected chi connectivity index (χ1v) is 8.71. The Labute approximate surface area is 137 Å². The number of hydrogen-bond donors (Lipinski definition) is 2. The molecule has 2 aliphatic carbocycles.